The summed E-state index contributed by atoms with van der Waals surface area (Å²) in [6.07, 6.45) is 0.978. The predicted molar refractivity (Wildman–Crippen MR) is 77.7 cm³/mol. The van der Waals surface area contributed by atoms with Gasteiger partial charge in [-0.2, -0.15) is 23.5 Å². The van der Waals surface area contributed by atoms with Crippen molar-refractivity contribution in [1.82, 2.24) is 5.43 Å². The Morgan fingerprint density at radius 2 is 2.38 bits per heavy atom. The molecule has 0 bridgehead atoms. The summed E-state index contributed by atoms with van der Waals surface area (Å²) in [5.74, 6) is 9.35. The molecule has 16 heavy (non-hydrogen) atoms. The number of hydrazine groups is 1. The second kappa shape index (κ2) is 6.52. The molecule has 2 nitrogen and oxygen atoms in total. The number of halogens is 1. The van der Waals surface area contributed by atoms with Crippen LogP contribution in [-0.4, -0.2) is 28.6 Å². The molecule has 1 aliphatic heterocycles. The van der Waals surface area contributed by atoms with Crippen LogP contribution in [0.2, 0.25) is 4.34 Å². The van der Waals surface area contributed by atoms with E-state index in [1.165, 1.54) is 22.1 Å². The largest absolute Gasteiger partial charge is 0.271 e. The molecule has 2 unspecified atom stereocenters. The molecule has 1 fully saturated rings. The highest BCUT2D eigenvalue weighted by molar-refractivity contribution is 8.06. The zero-order valence-electron chi connectivity index (χ0n) is 8.82. The molecular weight excluding hydrogens is 280 g/mol. The van der Waals surface area contributed by atoms with Gasteiger partial charge in [0, 0.05) is 33.4 Å². The van der Waals surface area contributed by atoms with E-state index in [2.05, 4.69) is 11.5 Å². The smallest absolute Gasteiger partial charge is 0.0931 e. The molecule has 2 rings (SSSR count). The van der Waals surface area contributed by atoms with Crippen molar-refractivity contribution < 1.29 is 0 Å². The highest BCUT2D eigenvalue weighted by atomic mass is 35.5. The van der Waals surface area contributed by atoms with Crippen LogP contribution in [0.5, 0.6) is 0 Å². The molecule has 90 valence electrons. The van der Waals surface area contributed by atoms with Gasteiger partial charge in [-0.3, -0.25) is 11.3 Å². The van der Waals surface area contributed by atoms with Crippen LogP contribution in [0.15, 0.2) is 12.1 Å². The van der Waals surface area contributed by atoms with Crippen LogP contribution in [-0.2, 0) is 6.42 Å². The minimum absolute atomic E-state index is 0.354. The van der Waals surface area contributed by atoms with Crippen LogP contribution in [0.3, 0.4) is 0 Å². The fourth-order valence-electron chi connectivity index (χ4n) is 1.71. The van der Waals surface area contributed by atoms with Gasteiger partial charge in [0.2, 0.25) is 0 Å². The maximum Gasteiger partial charge on any atom is 0.0931 e. The lowest BCUT2D eigenvalue weighted by molar-refractivity contribution is 0.527. The van der Waals surface area contributed by atoms with Crippen molar-refractivity contribution in [2.75, 3.05) is 17.3 Å². The van der Waals surface area contributed by atoms with E-state index in [0.717, 1.165) is 10.8 Å². The van der Waals surface area contributed by atoms with Crippen molar-refractivity contribution >= 4 is 46.5 Å². The Bertz CT molecular complexity index is 326. The number of thiophene rings is 1. The third-order valence-corrected chi connectivity index (χ3v) is 6.73. The number of hydrogen-bond donors (Lipinski definition) is 2. The maximum atomic E-state index is 5.93. The number of thioether (sulfide) groups is 2. The standard InChI is InChI=1S/C10H15ClN2S3/c11-10-2-1-7(16-10)5-8(13-12)9-6-14-3-4-15-9/h1-2,8-9,13H,3-6,12H2. The molecule has 1 aliphatic rings. The van der Waals surface area contributed by atoms with E-state index in [1.807, 2.05) is 29.6 Å². The van der Waals surface area contributed by atoms with Crippen molar-refractivity contribution in [2.24, 2.45) is 5.84 Å². The molecule has 3 N–H and O–H groups in total. The fraction of sp³-hybridized carbons (Fsp3) is 0.600. The fourth-order valence-corrected chi connectivity index (χ4v) is 5.73. The van der Waals surface area contributed by atoms with Crippen LogP contribution in [0.4, 0.5) is 0 Å². The molecule has 0 spiro atoms. The van der Waals surface area contributed by atoms with Gasteiger partial charge in [-0.1, -0.05) is 11.6 Å². The van der Waals surface area contributed by atoms with Crippen molar-refractivity contribution in [3.8, 4) is 0 Å². The van der Waals surface area contributed by atoms with Gasteiger partial charge in [-0.05, 0) is 18.6 Å². The zero-order chi connectivity index (χ0) is 11.4. The van der Waals surface area contributed by atoms with Crippen molar-refractivity contribution in [3.05, 3.63) is 21.3 Å². The molecule has 1 saturated heterocycles. The number of nitrogens with one attached hydrogen (secondary N) is 1. The van der Waals surface area contributed by atoms with E-state index in [-0.39, 0.29) is 0 Å². The number of nitrogens with two attached hydrogens (primary N) is 1. The van der Waals surface area contributed by atoms with E-state index >= 15 is 0 Å². The summed E-state index contributed by atoms with van der Waals surface area (Å²) in [5, 5.41) is 0.615. The van der Waals surface area contributed by atoms with Crippen LogP contribution in [0.1, 0.15) is 4.88 Å². The van der Waals surface area contributed by atoms with Crippen molar-refractivity contribution in [2.45, 2.75) is 17.7 Å². The van der Waals surface area contributed by atoms with Crippen LogP contribution in [0, 0.1) is 0 Å². The van der Waals surface area contributed by atoms with Crippen LogP contribution in [0.25, 0.3) is 0 Å². The molecule has 0 radical (unpaired) electrons. The molecule has 2 atom stereocenters. The molecule has 1 aromatic heterocycles. The lowest BCUT2D eigenvalue weighted by Gasteiger charge is -2.28. The first-order valence-corrected chi connectivity index (χ1v) is 8.59. The average Bonchev–Trinajstić information content (AvgIpc) is 2.73. The third kappa shape index (κ3) is 3.55. The topological polar surface area (TPSA) is 38.0 Å². The first-order valence-electron chi connectivity index (χ1n) is 5.19. The molecule has 6 heteroatoms. The van der Waals surface area contributed by atoms with Gasteiger partial charge in [0.05, 0.1) is 4.34 Å². The predicted octanol–water partition coefficient (Wildman–Crippen LogP) is 2.62. The summed E-state index contributed by atoms with van der Waals surface area (Å²) in [4.78, 5) is 1.31. The van der Waals surface area contributed by atoms with Crippen molar-refractivity contribution in [1.29, 1.82) is 0 Å². The SMILES string of the molecule is NNC(Cc1ccc(Cl)s1)C1CSCCS1. The first kappa shape index (κ1) is 13.1. The minimum Gasteiger partial charge on any atom is -0.271 e. The van der Waals surface area contributed by atoms with Gasteiger partial charge in [-0.15, -0.1) is 11.3 Å². The van der Waals surface area contributed by atoms with E-state index < -0.39 is 0 Å². The van der Waals surface area contributed by atoms with E-state index in [0.29, 0.717) is 11.3 Å². The number of hydrogen-bond acceptors (Lipinski definition) is 5. The Balaban J connectivity index is 1.94. The Hall–Kier alpha value is 0.610. The lowest BCUT2D eigenvalue weighted by atomic mass is 10.1. The van der Waals surface area contributed by atoms with Gasteiger partial charge >= 0.3 is 0 Å². The highest BCUT2D eigenvalue weighted by Crippen LogP contribution is 2.29. The summed E-state index contributed by atoms with van der Waals surface area (Å²) in [7, 11) is 0. The summed E-state index contributed by atoms with van der Waals surface area (Å²) >= 11 is 11.6. The number of rotatable bonds is 4. The summed E-state index contributed by atoms with van der Waals surface area (Å²) in [5.41, 5.74) is 2.96. The molecular formula is C10H15ClN2S3. The quantitative estimate of drug-likeness (QED) is 0.661. The van der Waals surface area contributed by atoms with E-state index in [4.69, 9.17) is 17.4 Å². The Morgan fingerprint density at radius 1 is 1.50 bits per heavy atom. The van der Waals surface area contributed by atoms with Gasteiger partial charge in [0.25, 0.3) is 0 Å². The zero-order valence-corrected chi connectivity index (χ0v) is 12.0. The van der Waals surface area contributed by atoms with Crippen LogP contribution >= 0.6 is 46.5 Å². The van der Waals surface area contributed by atoms with Crippen LogP contribution < -0.4 is 11.3 Å². The highest BCUT2D eigenvalue weighted by Gasteiger charge is 2.24. The Kier molecular flexibility index (Phi) is 5.32. The molecule has 0 saturated carbocycles. The van der Waals surface area contributed by atoms with E-state index in [1.54, 1.807) is 11.3 Å². The molecule has 0 aliphatic carbocycles. The lowest BCUT2D eigenvalue weighted by Crippen LogP contribution is -2.46. The summed E-state index contributed by atoms with van der Waals surface area (Å²) < 4.78 is 0.858. The first-order chi connectivity index (χ1) is 7.79. The summed E-state index contributed by atoms with van der Waals surface area (Å²) in [6, 6.07) is 4.41. The van der Waals surface area contributed by atoms with Gasteiger partial charge in [0.15, 0.2) is 0 Å². The average molecular weight is 295 g/mol. The molecule has 0 aromatic carbocycles. The van der Waals surface area contributed by atoms with Gasteiger partial charge in [-0.25, -0.2) is 0 Å². The normalized spacial score (nSPS) is 23.2. The van der Waals surface area contributed by atoms with Gasteiger partial charge < -0.3 is 0 Å². The Labute approximate surface area is 114 Å². The maximum absolute atomic E-state index is 5.93. The second-order valence-electron chi connectivity index (χ2n) is 3.67. The van der Waals surface area contributed by atoms with E-state index in [9.17, 15) is 0 Å². The monoisotopic (exact) mass is 294 g/mol. The molecule has 1 aromatic rings. The molecule has 0 amide bonds. The third-order valence-electron chi connectivity index (χ3n) is 2.55. The minimum atomic E-state index is 0.354. The second-order valence-corrected chi connectivity index (χ2v) is 7.96. The summed E-state index contributed by atoms with van der Waals surface area (Å²) in [6.45, 7) is 0. The van der Waals surface area contributed by atoms with Gasteiger partial charge in [0.1, 0.15) is 0 Å². The molecule has 2 heterocycles. The Morgan fingerprint density at radius 3 is 2.94 bits per heavy atom. The van der Waals surface area contributed by atoms with Crippen molar-refractivity contribution in [3.63, 3.8) is 0 Å².